The van der Waals surface area contributed by atoms with E-state index >= 15 is 0 Å². The van der Waals surface area contributed by atoms with Crippen LogP contribution in [0.15, 0.2) is 158 Å². The van der Waals surface area contributed by atoms with Gasteiger partial charge in [-0.3, -0.25) is 0 Å². The lowest BCUT2D eigenvalue weighted by atomic mass is 9.83. The third-order valence-corrected chi connectivity index (χ3v) is 9.10. The zero-order valence-electron chi connectivity index (χ0n) is 25.3. The van der Waals surface area contributed by atoms with Crippen LogP contribution in [0.4, 0.5) is 0 Å². The number of fused-ring (bicyclic) bond motifs is 4. The van der Waals surface area contributed by atoms with E-state index in [1.54, 1.807) is 0 Å². The molecule has 0 fully saturated rings. The van der Waals surface area contributed by atoms with Crippen molar-refractivity contribution >= 4 is 55.2 Å². The van der Waals surface area contributed by atoms with Crippen molar-refractivity contribution in [2.24, 2.45) is 0 Å². The summed E-state index contributed by atoms with van der Waals surface area (Å²) in [6.07, 6.45) is 6.24. The highest BCUT2D eigenvalue weighted by Crippen LogP contribution is 2.46. The molecule has 0 aliphatic heterocycles. The van der Waals surface area contributed by atoms with Crippen molar-refractivity contribution in [2.45, 2.75) is 6.92 Å². The molecule has 0 saturated heterocycles. The van der Waals surface area contributed by atoms with Gasteiger partial charge in [0.05, 0.1) is 0 Å². The predicted octanol–water partition coefficient (Wildman–Crippen LogP) is 13.0. The van der Waals surface area contributed by atoms with E-state index in [1.807, 2.05) is 6.08 Å². The average Bonchev–Trinajstić information content (AvgIpc) is 3.10. The first-order valence-corrected chi connectivity index (χ1v) is 15.6. The summed E-state index contributed by atoms with van der Waals surface area (Å²) in [5.41, 5.74) is 9.70. The number of allylic oxidation sites excluding steroid dienone is 1. The molecule has 0 saturated carbocycles. The molecule has 0 bridgehead atoms. The smallest absolute Gasteiger partial charge is 0.00259 e. The third kappa shape index (κ3) is 4.55. The number of hydrogen-bond donors (Lipinski definition) is 0. The molecular formula is C45H32. The van der Waals surface area contributed by atoms with Crippen LogP contribution in [0.1, 0.15) is 18.1 Å². The fraction of sp³-hybridized carbons (Fsp3) is 0.0222. The van der Waals surface area contributed by atoms with Gasteiger partial charge in [0.15, 0.2) is 0 Å². The van der Waals surface area contributed by atoms with Crippen LogP contribution < -0.4 is 0 Å². The fourth-order valence-electron chi connectivity index (χ4n) is 7.05. The normalized spacial score (nSPS) is 11.7. The Morgan fingerprint density at radius 3 is 1.58 bits per heavy atom. The molecular weight excluding hydrogens is 540 g/mol. The highest BCUT2D eigenvalue weighted by atomic mass is 14.2. The Labute approximate surface area is 264 Å². The van der Waals surface area contributed by atoms with E-state index in [0.29, 0.717) is 0 Å². The minimum atomic E-state index is 1.15. The highest BCUT2D eigenvalue weighted by Gasteiger charge is 2.18. The summed E-state index contributed by atoms with van der Waals surface area (Å²) in [5, 5.41) is 10.0. The second-order valence-corrected chi connectivity index (χ2v) is 11.7. The summed E-state index contributed by atoms with van der Waals surface area (Å²) in [4.78, 5) is 0. The Bertz CT molecular complexity index is 2450. The molecule has 8 aromatic rings. The molecule has 0 nitrogen and oxygen atoms in total. The maximum Gasteiger partial charge on any atom is -0.00259 e. The third-order valence-electron chi connectivity index (χ3n) is 9.10. The van der Waals surface area contributed by atoms with Crippen LogP contribution in [0.25, 0.3) is 88.6 Å². The van der Waals surface area contributed by atoms with Gasteiger partial charge in [0.1, 0.15) is 0 Å². The van der Waals surface area contributed by atoms with Gasteiger partial charge in [0.2, 0.25) is 0 Å². The van der Waals surface area contributed by atoms with Gasteiger partial charge in [0, 0.05) is 0 Å². The van der Waals surface area contributed by atoms with Crippen LogP contribution >= 0.6 is 0 Å². The van der Waals surface area contributed by atoms with Gasteiger partial charge in [-0.15, -0.1) is 0 Å². The Kier molecular flexibility index (Phi) is 6.62. The Morgan fingerprint density at radius 2 is 0.978 bits per heavy atom. The second-order valence-electron chi connectivity index (χ2n) is 11.7. The first kappa shape index (κ1) is 26.9. The second kappa shape index (κ2) is 11.1. The van der Waals surface area contributed by atoms with Gasteiger partial charge in [-0.2, -0.15) is 0 Å². The van der Waals surface area contributed by atoms with Crippen molar-refractivity contribution in [3.05, 3.63) is 169 Å². The van der Waals surface area contributed by atoms with E-state index in [4.69, 9.17) is 0 Å². The molecule has 0 aliphatic rings. The van der Waals surface area contributed by atoms with E-state index in [1.165, 1.54) is 82.0 Å². The van der Waals surface area contributed by atoms with Crippen molar-refractivity contribution in [3.63, 3.8) is 0 Å². The predicted molar refractivity (Wildman–Crippen MR) is 198 cm³/mol. The summed E-state index contributed by atoms with van der Waals surface area (Å²) in [7, 11) is 0. The van der Waals surface area contributed by atoms with Crippen LogP contribution in [0, 0.1) is 0 Å². The molecule has 0 spiro atoms. The highest BCUT2D eigenvalue weighted by molar-refractivity contribution is 6.22. The maximum absolute atomic E-state index is 4.20. The molecule has 0 atom stereocenters. The van der Waals surface area contributed by atoms with Gasteiger partial charge in [-0.05, 0) is 113 Å². The molecule has 0 N–H and O–H groups in total. The van der Waals surface area contributed by atoms with Gasteiger partial charge in [-0.25, -0.2) is 0 Å². The van der Waals surface area contributed by atoms with Crippen molar-refractivity contribution in [3.8, 4) is 33.4 Å². The molecule has 212 valence electrons. The molecule has 0 heterocycles. The Hall–Kier alpha value is -5.72. The molecule has 0 amide bonds. The monoisotopic (exact) mass is 572 g/mol. The Morgan fingerprint density at radius 1 is 0.444 bits per heavy atom. The van der Waals surface area contributed by atoms with Crippen LogP contribution in [0.3, 0.4) is 0 Å². The quantitative estimate of drug-likeness (QED) is 0.180. The number of hydrogen-bond acceptors (Lipinski definition) is 0. The molecule has 8 aromatic carbocycles. The summed E-state index contributed by atoms with van der Waals surface area (Å²) >= 11 is 0. The molecule has 0 radical (unpaired) electrons. The van der Waals surface area contributed by atoms with Gasteiger partial charge < -0.3 is 0 Å². The van der Waals surface area contributed by atoms with Crippen LogP contribution in [-0.2, 0) is 0 Å². The topological polar surface area (TPSA) is 0 Å². The van der Waals surface area contributed by atoms with E-state index in [-0.39, 0.29) is 0 Å². The van der Waals surface area contributed by atoms with Gasteiger partial charge in [0.25, 0.3) is 0 Å². The van der Waals surface area contributed by atoms with Gasteiger partial charge >= 0.3 is 0 Å². The first-order chi connectivity index (χ1) is 22.2. The summed E-state index contributed by atoms with van der Waals surface area (Å²) in [6, 6.07) is 53.5. The van der Waals surface area contributed by atoms with Crippen LogP contribution in [0.2, 0.25) is 0 Å². The molecule has 45 heavy (non-hydrogen) atoms. The van der Waals surface area contributed by atoms with E-state index < -0.39 is 0 Å². The molecule has 0 heteroatoms. The van der Waals surface area contributed by atoms with E-state index in [9.17, 15) is 0 Å². The lowest BCUT2D eigenvalue weighted by Crippen LogP contribution is -1.93. The van der Waals surface area contributed by atoms with Crippen molar-refractivity contribution in [2.75, 3.05) is 0 Å². The molecule has 8 rings (SSSR count). The summed E-state index contributed by atoms with van der Waals surface area (Å²) in [6.45, 7) is 6.26. The van der Waals surface area contributed by atoms with Crippen molar-refractivity contribution in [1.82, 2.24) is 0 Å². The largest absolute Gasteiger partial charge is 0.0984 e. The van der Waals surface area contributed by atoms with Crippen molar-refractivity contribution in [1.29, 1.82) is 0 Å². The number of benzene rings is 8. The van der Waals surface area contributed by atoms with Crippen LogP contribution in [0.5, 0.6) is 0 Å². The lowest BCUT2D eigenvalue weighted by molar-refractivity contribution is 1.57. The standard InChI is InChI=1S/C45H32/c1-3-12-32-17-11-20-39(38(32)4-2)35-25-26-42-43(29-35)45(37-24-22-31-14-6-8-16-34(31)28-37)41-19-10-9-18-40(41)44(42)36-23-21-30-13-5-7-15-33(30)27-36/h3-29H,2H2,1H3/b12-3-. The molecule has 0 unspecified atom stereocenters. The average molecular weight is 573 g/mol. The minimum Gasteiger partial charge on any atom is -0.0984 e. The van der Waals surface area contributed by atoms with Crippen molar-refractivity contribution < 1.29 is 0 Å². The lowest BCUT2D eigenvalue weighted by Gasteiger charge is -2.20. The minimum absolute atomic E-state index is 1.15. The van der Waals surface area contributed by atoms with Gasteiger partial charge in [-0.1, -0.05) is 152 Å². The SMILES string of the molecule is C=Cc1c(/C=C\C)cccc1-c1ccc2c(-c3ccc4ccccc4c3)c3ccccc3c(-c3ccc4ccccc4c3)c2c1. The maximum atomic E-state index is 4.20. The number of rotatable bonds is 5. The Balaban J connectivity index is 1.50. The van der Waals surface area contributed by atoms with Crippen LogP contribution in [-0.4, -0.2) is 0 Å². The van der Waals surface area contributed by atoms with E-state index in [0.717, 1.165) is 5.56 Å². The molecule has 0 aliphatic carbocycles. The molecule has 0 aromatic heterocycles. The summed E-state index contributed by atoms with van der Waals surface area (Å²) < 4.78 is 0. The zero-order valence-corrected chi connectivity index (χ0v) is 25.3. The zero-order chi connectivity index (χ0) is 30.3. The summed E-state index contributed by atoms with van der Waals surface area (Å²) in [5.74, 6) is 0. The van der Waals surface area contributed by atoms with E-state index in [2.05, 4.69) is 171 Å². The fourth-order valence-corrected chi connectivity index (χ4v) is 7.05. The first-order valence-electron chi connectivity index (χ1n) is 15.6.